The molecule has 0 radical (unpaired) electrons. The van der Waals surface area contributed by atoms with Crippen molar-refractivity contribution in [3.8, 4) is 0 Å². The van der Waals surface area contributed by atoms with Gasteiger partial charge in [-0.2, -0.15) is 0 Å². The Morgan fingerprint density at radius 3 is 2.27 bits per heavy atom. The van der Waals surface area contributed by atoms with Crippen molar-refractivity contribution in [1.29, 1.82) is 0 Å². The van der Waals surface area contributed by atoms with E-state index in [1.165, 1.54) is 11.3 Å². The minimum Gasteiger partial charge on any atom is -0.288 e. The van der Waals surface area contributed by atoms with Crippen LogP contribution in [0.25, 0.3) is 0 Å². The third-order valence-electron chi connectivity index (χ3n) is 1.93. The first-order valence-electron chi connectivity index (χ1n) is 4.22. The standard InChI is InChI=1S/C11H6Cl2OS/c12-8-3-1-7(2-4-8)10(14)11-9(13)5-6-15-11/h1-6H. The molecule has 0 fully saturated rings. The summed E-state index contributed by atoms with van der Waals surface area (Å²) in [5.74, 6) is -0.0633. The monoisotopic (exact) mass is 256 g/mol. The number of benzene rings is 1. The number of ketones is 1. The van der Waals surface area contributed by atoms with Gasteiger partial charge in [0.05, 0.1) is 9.90 Å². The Morgan fingerprint density at radius 1 is 1.07 bits per heavy atom. The lowest BCUT2D eigenvalue weighted by Crippen LogP contribution is -1.98. The molecule has 2 rings (SSSR count). The van der Waals surface area contributed by atoms with Gasteiger partial charge in [-0.3, -0.25) is 4.79 Å². The number of carbonyl (C=O) groups is 1. The molecule has 0 saturated heterocycles. The Morgan fingerprint density at radius 2 is 1.73 bits per heavy atom. The van der Waals surface area contributed by atoms with Crippen molar-refractivity contribution in [2.75, 3.05) is 0 Å². The van der Waals surface area contributed by atoms with E-state index >= 15 is 0 Å². The summed E-state index contributed by atoms with van der Waals surface area (Å²) >= 11 is 13.0. The topological polar surface area (TPSA) is 17.1 Å². The molecule has 2 aromatic rings. The molecule has 0 aliphatic heterocycles. The molecule has 0 bridgehead atoms. The van der Waals surface area contributed by atoms with Crippen LogP contribution in [0, 0.1) is 0 Å². The molecular weight excluding hydrogens is 251 g/mol. The molecule has 0 N–H and O–H groups in total. The first kappa shape index (κ1) is 10.7. The molecule has 1 heterocycles. The summed E-state index contributed by atoms with van der Waals surface area (Å²) in [6.07, 6.45) is 0. The van der Waals surface area contributed by atoms with Gasteiger partial charge in [0, 0.05) is 10.6 Å². The number of halogens is 2. The van der Waals surface area contributed by atoms with Gasteiger partial charge in [0.2, 0.25) is 5.78 Å². The summed E-state index contributed by atoms with van der Waals surface area (Å²) in [6.45, 7) is 0. The molecule has 0 atom stereocenters. The molecular formula is C11H6Cl2OS. The van der Waals surface area contributed by atoms with Gasteiger partial charge < -0.3 is 0 Å². The highest BCUT2D eigenvalue weighted by molar-refractivity contribution is 7.13. The number of thiophene rings is 1. The predicted octanol–water partition coefficient (Wildman–Crippen LogP) is 4.29. The van der Waals surface area contributed by atoms with Gasteiger partial charge >= 0.3 is 0 Å². The lowest BCUT2D eigenvalue weighted by molar-refractivity contribution is 0.104. The quantitative estimate of drug-likeness (QED) is 0.733. The summed E-state index contributed by atoms with van der Waals surface area (Å²) in [4.78, 5) is 12.5. The van der Waals surface area contributed by atoms with E-state index in [1.54, 1.807) is 35.7 Å². The number of rotatable bonds is 2. The van der Waals surface area contributed by atoms with Crippen LogP contribution in [0.1, 0.15) is 15.2 Å². The third kappa shape index (κ3) is 2.23. The molecule has 0 saturated carbocycles. The first-order chi connectivity index (χ1) is 7.18. The number of hydrogen-bond donors (Lipinski definition) is 0. The van der Waals surface area contributed by atoms with Crippen molar-refractivity contribution in [2.24, 2.45) is 0 Å². The summed E-state index contributed by atoms with van der Waals surface area (Å²) in [5, 5.41) is 2.91. The van der Waals surface area contributed by atoms with Crippen molar-refractivity contribution < 1.29 is 4.79 Å². The maximum atomic E-state index is 11.9. The largest absolute Gasteiger partial charge is 0.288 e. The molecule has 1 aromatic heterocycles. The van der Waals surface area contributed by atoms with Crippen LogP contribution in [0.15, 0.2) is 35.7 Å². The van der Waals surface area contributed by atoms with Crippen LogP contribution >= 0.6 is 34.5 Å². The van der Waals surface area contributed by atoms with E-state index in [1.807, 2.05) is 0 Å². The van der Waals surface area contributed by atoms with Crippen LogP contribution in [0.2, 0.25) is 10.0 Å². The average Bonchev–Trinajstić information content (AvgIpc) is 2.65. The van der Waals surface area contributed by atoms with Gasteiger partial charge in [-0.25, -0.2) is 0 Å². The SMILES string of the molecule is O=C(c1ccc(Cl)cc1)c1sccc1Cl. The fraction of sp³-hybridized carbons (Fsp3) is 0. The Bertz CT molecular complexity index is 488. The van der Waals surface area contributed by atoms with Crippen LogP contribution in [-0.2, 0) is 0 Å². The maximum absolute atomic E-state index is 11.9. The van der Waals surface area contributed by atoms with Crippen LogP contribution in [0.5, 0.6) is 0 Å². The smallest absolute Gasteiger partial charge is 0.204 e. The van der Waals surface area contributed by atoms with E-state index in [9.17, 15) is 4.79 Å². The van der Waals surface area contributed by atoms with E-state index in [0.717, 1.165) is 0 Å². The van der Waals surface area contributed by atoms with Crippen LogP contribution in [0.4, 0.5) is 0 Å². The lowest BCUT2D eigenvalue weighted by Gasteiger charge is -1.98. The second-order valence-corrected chi connectivity index (χ2v) is 4.69. The molecule has 0 unspecified atom stereocenters. The Labute approximate surface area is 101 Å². The van der Waals surface area contributed by atoms with Gasteiger partial charge in [-0.15, -0.1) is 11.3 Å². The second kappa shape index (κ2) is 4.35. The molecule has 4 heteroatoms. The van der Waals surface area contributed by atoms with Gasteiger partial charge in [-0.1, -0.05) is 23.2 Å². The fourth-order valence-electron chi connectivity index (χ4n) is 1.19. The van der Waals surface area contributed by atoms with Crippen molar-refractivity contribution in [2.45, 2.75) is 0 Å². The van der Waals surface area contributed by atoms with Gasteiger partial charge in [0.15, 0.2) is 0 Å². The minimum absolute atomic E-state index is 0.0633. The Hall–Kier alpha value is -0.830. The van der Waals surface area contributed by atoms with Crippen molar-refractivity contribution in [3.63, 3.8) is 0 Å². The highest BCUT2D eigenvalue weighted by Gasteiger charge is 2.13. The second-order valence-electron chi connectivity index (χ2n) is 2.93. The Balaban J connectivity index is 2.37. The Kier molecular flexibility index (Phi) is 3.10. The first-order valence-corrected chi connectivity index (χ1v) is 5.85. The lowest BCUT2D eigenvalue weighted by atomic mass is 10.1. The molecule has 1 aromatic carbocycles. The van der Waals surface area contributed by atoms with E-state index in [2.05, 4.69) is 0 Å². The molecule has 76 valence electrons. The molecule has 0 aliphatic rings. The van der Waals surface area contributed by atoms with Crippen LogP contribution in [-0.4, -0.2) is 5.78 Å². The summed E-state index contributed by atoms with van der Waals surface area (Å²) < 4.78 is 0. The molecule has 15 heavy (non-hydrogen) atoms. The van der Waals surface area contributed by atoms with Gasteiger partial charge in [-0.05, 0) is 35.7 Å². The van der Waals surface area contributed by atoms with Crippen LogP contribution in [0.3, 0.4) is 0 Å². The van der Waals surface area contributed by atoms with Crippen LogP contribution < -0.4 is 0 Å². The number of carbonyl (C=O) groups excluding carboxylic acids is 1. The zero-order valence-electron chi connectivity index (χ0n) is 7.54. The fourth-order valence-corrected chi connectivity index (χ4v) is 2.42. The molecule has 0 amide bonds. The maximum Gasteiger partial charge on any atom is 0.204 e. The minimum atomic E-state index is -0.0633. The van der Waals surface area contributed by atoms with E-state index < -0.39 is 0 Å². The van der Waals surface area contributed by atoms with Crippen molar-refractivity contribution in [1.82, 2.24) is 0 Å². The van der Waals surface area contributed by atoms with Gasteiger partial charge in [0.25, 0.3) is 0 Å². The van der Waals surface area contributed by atoms with Gasteiger partial charge in [0.1, 0.15) is 0 Å². The van der Waals surface area contributed by atoms with Crippen molar-refractivity contribution in [3.05, 3.63) is 56.2 Å². The molecule has 0 spiro atoms. The summed E-state index contributed by atoms with van der Waals surface area (Å²) in [7, 11) is 0. The molecule has 0 aliphatic carbocycles. The third-order valence-corrected chi connectivity index (χ3v) is 3.52. The van der Waals surface area contributed by atoms with E-state index in [4.69, 9.17) is 23.2 Å². The normalized spacial score (nSPS) is 10.3. The van der Waals surface area contributed by atoms with Crippen molar-refractivity contribution >= 4 is 40.3 Å². The average molecular weight is 257 g/mol. The van der Waals surface area contributed by atoms with E-state index in [0.29, 0.717) is 20.5 Å². The highest BCUT2D eigenvalue weighted by Crippen LogP contribution is 2.25. The predicted molar refractivity (Wildman–Crippen MR) is 64.2 cm³/mol. The van der Waals surface area contributed by atoms with E-state index in [-0.39, 0.29) is 5.78 Å². The summed E-state index contributed by atoms with van der Waals surface area (Å²) in [6, 6.07) is 8.49. The molecule has 1 nitrogen and oxygen atoms in total. The number of hydrogen-bond acceptors (Lipinski definition) is 2. The zero-order chi connectivity index (χ0) is 10.8. The highest BCUT2D eigenvalue weighted by atomic mass is 35.5. The summed E-state index contributed by atoms with van der Waals surface area (Å²) in [5.41, 5.74) is 0.601. The zero-order valence-corrected chi connectivity index (χ0v) is 9.86.